The molecule has 31 heavy (non-hydrogen) atoms. The molecule has 0 aliphatic rings. The molecule has 0 fully saturated rings. The Morgan fingerprint density at radius 1 is 1.35 bits per heavy atom. The van der Waals surface area contributed by atoms with Crippen LogP contribution in [0, 0.1) is 12.7 Å². The number of anilines is 1. The largest absolute Gasteiger partial charge is 0.459 e. The second kappa shape index (κ2) is 10.1. The van der Waals surface area contributed by atoms with Crippen LogP contribution in [-0.4, -0.2) is 32.3 Å². The van der Waals surface area contributed by atoms with Crippen LogP contribution >= 0.6 is 11.8 Å². The van der Waals surface area contributed by atoms with Crippen molar-refractivity contribution in [2.45, 2.75) is 31.6 Å². The van der Waals surface area contributed by atoms with E-state index in [9.17, 15) is 14.0 Å². The zero-order valence-corrected chi connectivity index (χ0v) is 17.9. The number of hydrogen-bond acceptors (Lipinski definition) is 6. The smallest absolute Gasteiger partial charge is 0.287 e. The second-order valence-electron chi connectivity index (χ2n) is 6.71. The first-order valence-electron chi connectivity index (χ1n) is 9.46. The van der Waals surface area contributed by atoms with Crippen molar-refractivity contribution in [3.63, 3.8) is 0 Å². The molecule has 1 aromatic carbocycles. The summed E-state index contributed by atoms with van der Waals surface area (Å²) in [7, 11) is 0. The van der Waals surface area contributed by atoms with E-state index in [1.807, 2.05) is 0 Å². The average molecular weight is 444 g/mol. The van der Waals surface area contributed by atoms with E-state index in [1.54, 1.807) is 36.6 Å². The number of furan rings is 1. The lowest BCUT2D eigenvalue weighted by atomic mass is 10.2. The molecule has 0 radical (unpaired) electrons. The predicted octanol–water partition coefficient (Wildman–Crippen LogP) is 3.73. The fourth-order valence-electron chi connectivity index (χ4n) is 2.85. The Hall–Kier alpha value is -3.40. The first-order valence-corrected chi connectivity index (χ1v) is 10.4. The summed E-state index contributed by atoms with van der Waals surface area (Å²) >= 11 is 1.20. The normalized spacial score (nSPS) is 11.7. The Balaban J connectivity index is 1.66. The summed E-state index contributed by atoms with van der Waals surface area (Å²) in [5.41, 5.74) is 1.19. The van der Waals surface area contributed by atoms with Crippen LogP contribution in [0.15, 0.2) is 58.8 Å². The van der Waals surface area contributed by atoms with Crippen LogP contribution in [0.5, 0.6) is 0 Å². The molecule has 2 amide bonds. The highest BCUT2D eigenvalue weighted by molar-refractivity contribution is 7.99. The van der Waals surface area contributed by atoms with Gasteiger partial charge in [-0.2, -0.15) is 0 Å². The standard InChI is InChI=1S/C21H22FN5O3S/c1-4-9-27-19(14(3)23-20(29)17-6-5-10-30-17)25-26-21(27)31-12-18(28)24-16-8-7-15(22)11-13(16)2/h4-8,10-11,14H,1,9,12H2,2-3H3,(H,23,29)(H,24,28)/t14-/m0/s1. The van der Waals surface area contributed by atoms with Crippen LogP contribution in [0.4, 0.5) is 10.1 Å². The number of nitrogens with zero attached hydrogens (tertiary/aromatic N) is 3. The maximum atomic E-state index is 13.2. The first kappa shape index (κ1) is 22.3. The van der Waals surface area contributed by atoms with Gasteiger partial charge in [0.1, 0.15) is 5.82 Å². The molecule has 3 aromatic rings. The van der Waals surface area contributed by atoms with Crippen LogP contribution in [0.1, 0.15) is 34.9 Å². The Bertz CT molecular complexity index is 1080. The average Bonchev–Trinajstić information content (AvgIpc) is 3.39. The monoisotopic (exact) mass is 443 g/mol. The van der Waals surface area contributed by atoms with Crippen LogP contribution in [0.2, 0.25) is 0 Å². The third-order valence-corrected chi connectivity index (χ3v) is 5.30. The molecule has 2 aromatic heterocycles. The second-order valence-corrected chi connectivity index (χ2v) is 7.65. The zero-order valence-electron chi connectivity index (χ0n) is 17.1. The fourth-order valence-corrected chi connectivity index (χ4v) is 3.61. The van der Waals surface area contributed by atoms with Gasteiger partial charge in [-0.15, -0.1) is 16.8 Å². The number of aromatic nitrogens is 3. The summed E-state index contributed by atoms with van der Waals surface area (Å²) in [4.78, 5) is 24.6. The SMILES string of the molecule is C=CCn1c(SCC(=O)Nc2ccc(F)cc2C)nnc1[C@H](C)NC(=O)c1ccco1. The maximum absolute atomic E-state index is 13.2. The zero-order chi connectivity index (χ0) is 22.4. The van der Waals surface area contributed by atoms with E-state index in [2.05, 4.69) is 27.4 Å². The van der Waals surface area contributed by atoms with Gasteiger partial charge < -0.3 is 19.6 Å². The number of benzene rings is 1. The van der Waals surface area contributed by atoms with Gasteiger partial charge in [0.05, 0.1) is 18.1 Å². The van der Waals surface area contributed by atoms with Crippen molar-refractivity contribution in [3.8, 4) is 0 Å². The van der Waals surface area contributed by atoms with Crippen molar-refractivity contribution in [1.29, 1.82) is 0 Å². The highest BCUT2D eigenvalue weighted by Crippen LogP contribution is 2.22. The predicted molar refractivity (Wildman–Crippen MR) is 115 cm³/mol. The van der Waals surface area contributed by atoms with Crippen molar-refractivity contribution in [2.75, 3.05) is 11.1 Å². The molecule has 0 aliphatic heterocycles. The molecule has 10 heteroatoms. The van der Waals surface area contributed by atoms with Crippen LogP contribution in [0.25, 0.3) is 0 Å². The molecule has 0 saturated carbocycles. The van der Waals surface area contributed by atoms with Gasteiger partial charge in [-0.25, -0.2) is 4.39 Å². The van der Waals surface area contributed by atoms with Crippen LogP contribution in [0.3, 0.4) is 0 Å². The number of carbonyl (C=O) groups excluding carboxylic acids is 2. The summed E-state index contributed by atoms with van der Waals surface area (Å²) in [5.74, 6) is -0.175. The summed E-state index contributed by atoms with van der Waals surface area (Å²) in [5, 5.41) is 14.4. The van der Waals surface area contributed by atoms with E-state index < -0.39 is 6.04 Å². The summed E-state index contributed by atoms with van der Waals surface area (Å²) < 4.78 is 20.1. The van der Waals surface area contributed by atoms with Gasteiger partial charge in [0.15, 0.2) is 16.7 Å². The number of thioether (sulfide) groups is 1. The van der Waals surface area contributed by atoms with Crippen molar-refractivity contribution < 1.29 is 18.4 Å². The van der Waals surface area contributed by atoms with Crippen molar-refractivity contribution in [2.24, 2.45) is 0 Å². The first-order chi connectivity index (χ1) is 14.9. The number of hydrogen-bond donors (Lipinski definition) is 2. The van der Waals surface area contributed by atoms with Gasteiger partial charge in [0.2, 0.25) is 5.91 Å². The molecule has 2 N–H and O–H groups in total. The molecule has 8 nitrogen and oxygen atoms in total. The molecule has 0 unspecified atom stereocenters. The van der Waals surface area contributed by atoms with E-state index in [1.165, 1.54) is 36.2 Å². The highest BCUT2D eigenvalue weighted by Gasteiger charge is 2.21. The number of aryl methyl sites for hydroxylation is 1. The minimum atomic E-state index is -0.449. The van der Waals surface area contributed by atoms with Crippen molar-refractivity contribution in [1.82, 2.24) is 20.1 Å². The molecule has 3 rings (SSSR count). The van der Waals surface area contributed by atoms with Crippen LogP contribution < -0.4 is 10.6 Å². The topological polar surface area (TPSA) is 102 Å². The van der Waals surface area contributed by atoms with E-state index in [0.29, 0.717) is 28.8 Å². The number of amides is 2. The third-order valence-electron chi connectivity index (χ3n) is 4.33. The molecule has 0 aliphatic carbocycles. The summed E-state index contributed by atoms with van der Waals surface area (Å²) in [6.07, 6.45) is 3.10. The van der Waals surface area contributed by atoms with E-state index in [-0.39, 0.29) is 29.1 Å². The van der Waals surface area contributed by atoms with Gasteiger partial charge in [0, 0.05) is 12.2 Å². The van der Waals surface area contributed by atoms with Gasteiger partial charge >= 0.3 is 0 Å². The Kier molecular flexibility index (Phi) is 7.24. The molecule has 0 spiro atoms. The molecule has 162 valence electrons. The lowest BCUT2D eigenvalue weighted by Gasteiger charge is -2.14. The summed E-state index contributed by atoms with van der Waals surface area (Å²) in [6, 6.07) is 6.92. The Morgan fingerprint density at radius 2 is 2.16 bits per heavy atom. The lowest BCUT2D eigenvalue weighted by Crippen LogP contribution is -2.28. The molecule has 0 bridgehead atoms. The van der Waals surface area contributed by atoms with E-state index in [0.717, 1.165) is 0 Å². The van der Waals surface area contributed by atoms with Gasteiger partial charge in [0.25, 0.3) is 5.91 Å². The van der Waals surface area contributed by atoms with E-state index in [4.69, 9.17) is 4.42 Å². The number of carbonyl (C=O) groups is 2. The summed E-state index contributed by atoms with van der Waals surface area (Å²) in [6.45, 7) is 7.66. The lowest BCUT2D eigenvalue weighted by molar-refractivity contribution is -0.113. The maximum Gasteiger partial charge on any atom is 0.287 e. The Morgan fingerprint density at radius 3 is 2.84 bits per heavy atom. The highest BCUT2D eigenvalue weighted by atomic mass is 32.2. The number of rotatable bonds is 9. The van der Waals surface area contributed by atoms with Crippen molar-refractivity contribution in [3.05, 3.63) is 72.2 Å². The van der Waals surface area contributed by atoms with Gasteiger partial charge in [-0.3, -0.25) is 9.59 Å². The fraction of sp³-hybridized carbons (Fsp3) is 0.238. The van der Waals surface area contributed by atoms with Crippen LogP contribution in [-0.2, 0) is 11.3 Å². The minimum absolute atomic E-state index is 0.0826. The minimum Gasteiger partial charge on any atom is -0.459 e. The third kappa shape index (κ3) is 5.60. The van der Waals surface area contributed by atoms with E-state index >= 15 is 0 Å². The number of halogens is 1. The quantitative estimate of drug-likeness (QED) is 0.386. The number of allylic oxidation sites excluding steroid dienone is 1. The molecule has 0 saturated heterocycles. The molecule has 2 heterocycles. The number of nitrogens with one attached hydrogen (secondary N) is 2. The molecular weight excluding hydrogens is 421 g/mol. The Labute approximate surface area is 182 Å². The van der Waals surface area contributed by atoms with Gasteiger partial charge in [-0.05, 0) is 49.7 Å². The van der Waals surface area contributed by atoms with Gasteiger partial charge in [-0.1, -0.05) is 17.8 Å². The molecular formula is C21H22FN5O3S. The molecule has 1 atom stereocenters. The van der Waals surface area contributed by atoms with Crippen molar-refractivity contribution >= 4 is 29.3 Å².